The van der Waals surface area contributed by atoms with Crippen LogP contribution in [-0.2, 0) is 0 Å². The molecular formula is C18H28F9I. The summed E-state index contributed by atoms with van der Waals surface area (Å²) >= 11 is 1.38. The topological polar surface area (TPSA) is 0 Å². The van der Waals surface area contributed by atoms with E-state index < -0.39 is 40.2 Å². The van der Waals surface area contributed by atoms with Crippen LogP contribution in [-0.4, -0.2) is 27.9 Å². The maximum absolute atomic E-state index is 14.6. The van der Waals surface area contributed by atoms with Crippen molar-refractivity contribution in [2.24, 2.45) is 5.92 Å². The lowest BCUT2D eigenvalue weighted by atomic mass is 9.77. The molecule has 0 rings (SSSR count). The second-order valence-corrected chi connectivity index (χ2v) is 8.68. The minimum absolute atomic E-state index is 0.0519. The second-order valence-electron chi connectivity index (χ2n) is 7.08. The predicted octanol–water partition coefficient (Wildman–Crippen LogP) is 8.82. The normalized spacial score (nSPS) is 18.0. The average molecular weight is 542 g/mol. The zero-order valence-corrected chi connectivity index (χ0v) is 18.2. The van der Waals surface area contributed by atoms with E-state index in [1.54, 1.807) is 0 Å². The number of hydrogen-bond acceptors (Lipinski definition) is 0. The van der Waals surface area contributed by atoms with Crippen LogP contribution in [0.4, 0.5) is 39.5 Å². The maximum atomic E-state index is 14.6. The van der Waals surface area contributed by atoms with Gasteiger partial charge >= 0.3 is 18.3 Å². The van der Waals surface area contributed by atoms with Crippen molar-refractivity contribution in [3.63, 3.8) is 0 Å². The Morgan fingerprint density at radius 3 is 1.43 bits per heavy atom. The van der Waals surface area contributed by atoms with Gasteiger partial charge < -0.3 is 0 Å². The van der Waals surface area contributed by atoms with E-state index in [4.69, 9.17) is 0 Å². The van der Waals surface area contributed by atoms with Crippen molar-refractivity contribution in [3.05, 3.63) is 0 Å². The molecule has 0 bridgehead atoms. The van der Waals surface area contributed by atoms with Gasteiger partial charge in [0.15, 0.2) is 0 Å². The summed E-state index contributed by atoms with van der Waals surface area (Å²) in [7, 11) is 0. The lowest BCUT2D eigenvalue weighted by Gasteiger charge is -2.42. The first-order chi connectivity index (χ1) is 12.7. The SMILES string of the molecule is CCCCCCCCCCC(I)C(CC)C(F)(C(F)(F)F)C(F)(F)C(F)(F)F. The van der Waals surface area contributed by atoms with E-state index in [-0.39, 0.29) is 6.42 Å². The van der Waals surface area contributed by atoms with Gasteiger partial charge in [-0.25, -0.2) is 4.39 Å². The Labute approximate surface area is 174 Å². The van der Waals surface area contributed by atoms with Crippen molar-refractivity contribution in [1.82, 2.24) is 0 Å². The molecule has 0 fully saturated rings. The van der Waals surface area contributed by atoms with Crippen molar-refractivity contribution >= 4 is 22.6 Å². The molecule has 3 unspecified atom stereocenters. The standard InChI is InChI=1S/C18H28F9I/c1-3-5-6-7-8-9-10-11-12-14(28)13(4-2)15(19,17(22,23)24)16(20,21)18(25,26)27/h13-14H,3-12H2,1-2H3. The van der Waals surface area contributed by atoms with Crippen LogP contribution < -0.4 is 0 Å². The van der Waals surface area contributed by atoms with E-state index in [2.05, 4.69) is 6.92 Å². The Bertz CT molecular complexity index is 434. The molecule has 0 aromatic heterocycles. The lowest BCUT2D eigenvalue weighted by molar-refractivity contribution is -0.395. The van der Waals surface area contributed by atoms with Crippen molar-refractivity contribution in [1.29, 1.82) is 0 Å². The molecule has 0 aliphatic rings. The third-order valence-corrected chi connectivity index (χ3v) is 6.44. The smallest absolute Gasteiger partial charge is 0.226 e. The van der Waals surface area contributed by atoms with Crippen LogP contribution in [0.1, 0.15) is 78.1 Å². The number of halogens is 10. The zero-order valence-electron chi connectivity index (χ0n) is 16.0. The minimum atomic E-state index is -6.64. The molecule has 0 aromatic carbocycles. The van der Waals surface area contributed by atoms with Crippen molar-refractivity contribution in [3.8, 4) is 0 Å². The Morgan fingerprint density at radius 1 is 0.643 bits per heavy atom. The fourth-order valence-electron chi connectivity index (χ4n) is 3.29. The van der Waals surface area contributed by atoms with Gasteiger partial charge in [-0.3, -0.25) is 0 Å². The monoisotopic (exact) mass is 542 g/mol. The summed E-state index contributed by atoms with van der Waals surface area (Å²) < 4.78 is 118. The number of hydrogen-bond donors (Lipinski definition) is 0. The van der Waals surface area contributed by atoms with Crippen LogP contribution in [0.3, 0.4) is 0 Å². The molecule has 0 nitrogen and oxygen atoms in total. The molecule has 0 N–H and O–H groups in total. The van der Waals surface area contributed by atoms with E-state index >= 15 is 0 Å². The van der Waals surface area contributed by atoms with E-state index in [1.807, 2.05) is 0 Å². The number of alkyl halides is 10. The molecule has 0 heterocycles. The summed E-state index contributed by atoms with van der Waals surface area (Å²) in [6.45, 7) is 3.06. The molecular weight excluding hydrogens is 514 g/mol. The third kappa shape index (κ3) is 6.82. The van der Waals surface area contributed by atoms with Gasteiger partial charge in [0.2, 0.25) is 0 Å². The van der Waals surface area contributed by atoms with Crippen LogP contribution in [0.2, 0.25) is 0 Å². The molecule has 28 heavy (non-hydrogen) atoms. The largest absolute Gasteiger partial charge is 0.457 e. The number of rotatable bonds is 13. The van der Waals surface area contributed by atoms with Gasteiger partial charge in [-0.2, -0.15) is 35.1 Å². The van der Waals surface area contributed by atoms with Crippen LogP contribution in [0, 0.1) is 5.92 Å². The van der Waals surface area contributed by atoms with E-state index in [9.17, 15) is 39.5 Å². The highest BCUT2D eigenvalue weighted by Gasteiger charge is 2.83. The van der Waals surface area contributed by atoms with Gasteiger partial charge in [0.05, 0.1) is 0 Å². The fourth-order valence-corrected chi connectivity index (χ4v) is 4.73. The molecule has 0 saturated heterocycles. The second kappa shape index (κ2) is 11.5. The van der Waals surface area contributed by atoms with E-state index in [0.29, 0.717) is 12.8 Å². The molecule has 0 aliphatic carbocycles. The molecule has 0 aliphatic heterocycles. The van der Waals surface area contributed by atoms with Crippen LogP contribution in [0.5, 0.6) is 0 Å². The first kappa shape index (κ1) is 28.1. The summed E-state index contributed by atoms with van der Waals surface area (Å²) in [4.78, 5) is 0. The summed E-state index contributed by atoms with van der Waals surface area (Å²) in [6.07, 6.45) is -6.87. The average Bonchev–Trinajstić information content (AvgIpc) is 2.55. The Kier molecular flexibility index (Phi) is 11.5. The molecule has 170 valence electrons. The molecule has 0 amide bonds. The van der Waals surface area contributed by atoms with Gasteiger partial charge in [-0.15, -0.1) is 0 Å². The molecule has 3 atom stereocenters. The van der Waals surface area contributed by atoms with E-state index in [1.165, 1.54) is 22.6 Å². The molecule has 0 saturated carbocycles. The highest BCUT2D eigenvalue weighted by Crippen LogP contribution is 2.58. The molecule has 0 spiro atoms. The van der Waals surface area contributed by atoms with E-state index in [0.717, 1.165) is 45.4 Å². The molecule has 0 radical (unpaired) electrons. The fraction of sp³-hybridized carbons (Fsp3) is 1.00. The predicted molar refractivity (Wildman–Crippen MR) is 99.7 cm³/mol. The highest BCUT2D eigenvalue weighted by atomic mass is 127. The van der Waals surface area contributed by atoms with Gasteiger partial charge in [-0.05, 0) is 12.8 Å². The van der Waals surface area contributed by atoms with Crippen molar-refractivity contribution in [2.75, 3.05) is 0 Å². The Hall–Kier alpha value is 0.1000. The molecule has 0 aromatic rings. The zero-order chi connectivity index (χ0) is 22.2. The third-order valence-electron chi connectivity index (χ3n) is 4.95. The Balaban J connectivity index is 5.10. The maximum Gasteiger partial charge on any atom is 0.457 e. The summed E-state index contributed by atoms with van der Waals surface area (Å²) in [5, 5.41) is 0. The number of unbranched alkanes of at least 4 members (excludes halogenated alkanes) is 7. The van der Waals surface area contributed by atoms with Crippen LogP contribution in [0.15, 0.2) is 0 Å². The minimum Gasteiger partial charge on any atom is -0.226 e. The first-order valence-electron chi connectivity index (χ1n) is 9.52. The quantitative estimate of drug-likeness (QED) is 0.0945. The summed E-state index contributed by atoms with van der Waals surface area (Å²) in [5.41, 5.74) is -5.67. The van der Waals surface area contributed by atoms with Gasteiger partial charge in [0.25, 0.3) is 5.67 Å². The van der Waals surface area contributed by atoms with Gasteiger partial charge in [0, 0.05) is 9.84 Å². The van der Waals surface area contributed by atoms with Crippen LogP contribution >= 0.6 is 22.6 Å². The summed E-state index contributed by atoms with van der Waals surface area (Å²) in [5.74, 6) is -9.03. The van der Waals surface area contributed by atoms with Gasteiger partial charge in [0.1, 0.15) is 0 Å². The molecule has 10 heteroatoms. The Morgan fingerprint density at radius 2 is 1.07 bits per heavy atom. The van der Waals surface area contributed by atoms with Crippen LogP contribution in [0.25, 0.3) is 0 Å². The summed E-state index contributed by atoms with van der Waals surface area (Å²) in [6, 6.07) is 0. The van der Waals surface area contributed by atoms with Crippen molar-refractivity contribution < 1.29 is 39.5 Å². The highest BCUT2D eigenvalue weighted by molar-refractivity contribution is 14.1. The van der Waals surface area contributed by atoms with Gasteiger partial charge in [-0.1, -0.05) is 87.8 Å². The first-order valence-corrected chi connectivity index (χ1v) is 10.8. The van der Waals surface area contributed by atoms with Crippen molar-refractivity contribution in [2.45, 2.75) is 106 Å². The lowest BCUT2D eigenvalue weighted by Crippen LogP contribution is -2.67.